The van der Waals surface area contributed by atoms with E-state index in [0.717, 1.165) is 12.1 Å². The van der Waals surface area contributed by atoms with Crippen LogP contribution in [-0.2, 0) is 19.2 Å². The van der Waals surface area contributed by atoms with Gasteiger partial charge in [0.1, 0.15) is 18.2 Å². The summed E-state index contributed by atoms with van der Waals surface area (Å²) in [6.07, 6.45) is -8.52. The number of aryl methyl sites for hydroxylation is 1. The molecule has 5 rings (SSSR count). The van der Waals surface area contributed by atoms with Crippen LogP contribution in [0.4, 0.5) is 30.7 Å². The number of rotatable bonds is 5. The average Bonchev–Trinajstić information content (AvgIpc) is 3.33. The number of nitrogens with two attached hydrogens (primary N) is 1. The number of hydrogen-bond donors (Lipinski definition) is 3. The number of benzene rings is 3. The van der Waals surface area contributed by atoms with E-state index >= 15 is 4.39 Å². The van der Waals surface area contributed by atoms with Crippen LogP contribution in [0.3, 0.4) is 0 Å². The molecule has 0 radical (unpaired) electrons. The predicted octanol–water partition coefficient (Wildman–Crippen LogP) is 4.47. The zero-order chi connectivity index (χ0) is 33.5. The maximum absolute atomic E-state index is 15.8. The van der Waals surface area contributed by atoms with E-state index in [9.17, 15) is 45.8 Å². The lowest BCUT2D eigenvalue weighted by molar-refractivity contribution is -0.140. The van der Waals surface area contributed by atoms with Crippen molar-refractivity contribution in [3.8, 4) is 11.1 Å². The fourth-order valence-corrected chi connectivity index (χ4v) is 5.28. The van der Waals surface area contributed by atoms with Gasteiger partial charge in [0.25, 0.3) is 12.3 Å². The summed E-state index contributed by atoms with van der Waals surface area (Å²) in [7, 11) is 0. The van der Waals surface area contributed by atoms with Crippen molar-refractivity contribution >= 4 is 34.4 Å². The SMILES string of the molecule is [2H]C([2H])([2H])n1c(=O)n(CC(F)(F)F)c2cc(-c3c(F)cc(C(F)F)cc3C(N)=O)c3c(c21)C(=O)NC3(O)c1cc(F)ccc1Cl. The Morgan fingerprint density at radius 2 is 1.86 bits per heavy atom. The summed E-state index contributed by atoms with van der Waals surface area (Å²) in [5.74, 6) is -5.69. The highest BCUT2D eigenvalue weighted by atomic mass is 35.5. The van der Waals surface area contributed by atoms with Gasteiger partial charge in [-0.15, -0.1) is 0 Å². The number of aromatic nitrogens is 2. The molecule has 8 nitrogen and oxygen atoms in total. The first-order valence-electron chi connectivity index (χ1n) is 13.0. The number of alkyl halides is 5. The van der Waals surface area contributed by atoms with E-state index in [0.29, 0.717) is 18.2 Å². The van der Waals surface area contributed by atoms with Gasteiger partial charge < -0.3 is 16.2 Å². The van der Waals surface area contributed by atoms with Gasteiger partial charge in [0.05, 0.1) is 22.2 Å². The first-order valence-corrected chi connectivity index (χ1v) is 11.9. The molecule has 4 aromatic rings. The van der Waals surface area contributed by atoms with Crippen molar-refractivity contribution in [2.45, 2.75) is 24.9 Å². The number of nitrogens with one attached hydrogen (secondary N) is 1. The molecular weight excluding hydrogens is 601 g/mol. The van der Waals surface area contributed by atoms with Crippen molar-refractivity contribution in [2.75, 3.05) is 0 Å². The van der Waals surface area contributed by atoms with Crippen molar-refractivity contribution in [3.63, 3.8) is 0 Å². The Morgan fingerprint density at radius 1 is 1.17 bits per heavy atom. The van der Waals surface area contributed by atoms with E-state index in [-0.39, 0.29) is 15.2 Å². The van der Waals surface area contributed by atoms with Crippen LogP contribution in [0.1, 0.15) is 47.9 Å². The number of primary amides is 1. The molecule has 0 aliphatic carbocycles. The number of nitrogens with zero attached hydrogens (tertiary/aromatic N) is 2. The molecule has 0 spiro atoms. The van der Waals surface area contributed by atoms with Crippen LogP contribution in [0.5, 0.6) is 0 Å². The molecule has 1 atom stereocenters. The molecule has 2 amide bonds. The Morgan fingerprint density at radius 3 is 2.45 bits per heavy atom. The van der Waals surface area contributed by atoms with Crippen LogP contribution in [0.15, 0.2) is 41.2 Å². The number of carbonyl (C=O) groups is 2. The van der Waals surface area contributed by atoms with Crippen molar-refractivity contribution in [1.82, 2.24) is 14.5 Å². The van der Waals surface area contributed by atoms with E-state index in [1.807, 2.05) is 5.32 Å². The molecule has 2 heterocycles. The van der Waals surface area contributed by atoms with Gasteiger partial charge in [0.2, 0.25) is 5.91 Å². The number of amides is 2. The topological polar surface area (TPSA) is 119 Å². The third-order valence-corrected chi connectivity index (χ3v) is 6.98. The molecule has 1 unspecified atom stereocenters. The Kier molecular flexibility index (Phi) is 5.79. The van der Waals surface area contributed by atoms with E-state index in [1.54, 1.807) is 0 Å². The smallest absolute Gasteiger partial charge is 0.366 e. The molecule has 1 aromatic heterocycles. The fraction of sp³-hybridized carbons (Fsp3) is 0.192. The molecule has 16 heteroatoms. The number of aliphatic hydroxyl groups is 1. The van der Waals surface area contributed by atoms with Crippen molar-refractivity contribution in [1.29, 1.82) is 0 Å². The van der Waals surface area contributed by atoms with Crippen LogP contribution < -0.4 is 16.7 Å². The summed E-state index contributed by atoms with van der Waals surface area (Å²) in [6.45, 7) is -5.68. The zero-order valence-electron chi connectivity index (χ0n) is 23.4. The molecule has 0 bridgehead atoms. The molecule has 0 fully saturated rings. The van der Waals surface area contributed by atoms with Gasteiger partial charge in [0.15, 0.2) is 5.72 Å². The van der Waals surface area contributed by atoms with E-state index in [1.165, 1.54) is 0 Å². The van der Waals surface area contributed by atoms with E-state index < -0.39 is 116 Å². The quantitative estimate of drug-likeness (QED) is 0.286. The number of carbonyl (C=O) groups excluding carboxylic acids is 2. The zero-order valence-corrected chi connectivity index (χ0v) is 21.2. The molecule has 3 aromatic carbocycles. The minimum Gasteiger partial charge on any atom is -0.366 e. The summed E-state index contributed by atoms with van der Waals surface area (Å²) in [6, 6.07) is 3.64. The minimum absolute atomic E-state index is 0.0966. The molecule has 42 heavy (non-hydrogen) atoms. The second kappa shape index (κ2) is 9.59. The minimum atomic E-state index is -5.17. The Hall–Kier alpha value is -4.37. The van der Waals surface area contributed by atoms with Crippen molar-refractivity contribution in [2.24, 2.45) is 12.7 Å². The van der Waals surface area contributed by atoms with E-state index in [2.05, 4.69) is 0 Å². The third-order valence-electron chi connectivity index (χ3n) is 6.65. The summed E-state index contributed by atoms with van der Waals surface area (Å²) < 4.78 is 121. The van der Waals surface area contributed by atoms with Crippen LogP contribution in [0, 0.1) is 11.6 Å². The van der Waals surface area contributed by atoms with Crippen LogP contribution >= 0.6 is 11.6 Å². The normalized spacial score (nSPS) is 18.1. The fourth-order valence-electron chi connectivity index (χ4n) is 5.02. The lowest BCUT2D eigenvalue weighted by Gasteiger charge is -2.28. The van der Waals surface area contributed by atoms with Gasteiger partial charge >= 0.3 is 11.9 Å². The molecule has 0 saturated heterocycles. The standard InChI is InChI=1S/C26H16ClF7N4O4/c1-37-20-16(38(24(37)41)8-25(32,33)34)7-11(17-12(22(35)39)4-9(21(30)31)5-15(17)29)19-18(20)23(40)36-26(19,42)13-6-10(28)2-3-14(13)27/h2-7,21,42H,8H2,1H3,(H2,35,39)(H,36,40)/i1D3. The molecule has 4 N–H and O–H groups in total. The summed E-state index contributed by atoms with van der Waals surface area (Å²) >= 11 is 6.19. The second-order valence-electron chi connectivity index (χ2n) is 9.24. The Labute approximate surface area is 238 Å². The van der Waals surface area contributed by atoms with Crippen molar-refractivity contribution < 1.29 is 49.5 Å². The molecule has 220 valence electrons. The highest BCUT2D eigenvalue weighted by Gasteiger charge is 2.49. The second-order valence-corrected chi connectivity index (χ2v) is 9.65. The molecular formula is C26H16ClF7N4O4. The summed E-state index contributed by atoms with van der Waals surface area (Å²) in [5.41, 5.74) is -7.95. The lowest BCUT2D eigenvalue weighted by atomic mass is 9.84. The molecule has 1 aliphatic rings. The highest BCUT2D eigenvalue weighted by Crippen LogP contribution is 2.48. The van der Waals surface area contributed by atoms with Gasteiger partial charge in [-0.2, -0.15) is 13.2 Å². The van der Waals surface area contributed by atoms with Crippen molar-refractivity contribution in [3.05, 3.63) is 91.4 Å². The number of hydrogen-bond acceptors (Lipinski definition) is 4. The highest BCUT2D eigenvalue weighted by molar-refractivity contribution is 6.31. The van der Waals surface area contributed by atoms with Crippen LogP contribution in [0.2, 0.25) is 5.02 Å². The Balaban J connectivity index is 2.09. The largest absolute Gasteiger partial charge is 0.406 e. The monoisotopic (exact) mass is 619 g/mol. The average molecular weight is 620 g/mol. The lowest BCUT2D eigenvalue weighted by Crippen LogP contribution is -2.41. The van der Waals surface area contributed by atoms with Gasteiger partial charge in [-0.1, -0.05) is 11.6 Å². The number of imidazole rings is 1. The van der Waals surface area contributed by atoms with Gasteiger partial charge in [-0.05, 0) is 42.0 Å². The van der Waals surface area contributed by atoms with Gasteiger partial charge in [0, 0.05) is 38.4 Å². The van der Waals surface area contributed by atoms with Crippen LogP contribution in [0.25, 0.3) is 22.2 Å². The van der Waals surface area contributed by atoms with Gasteiger partial charge in [-0.3, -0.25) is 18.7 Å². The molecule has 0 saturated carbocycles. The Bertz CT molecular complexity index is 2010. The maximum atomic E-state index is 15.8. The summed E-state index contributed by atoms with van der Waals surface area (Å²) in [5, 5.41) is 13.5. The van der Waals surface area contributed by atoms with Gasteiger partial charge in [-0.25, -0.2) is 22.4 Å². The number of halogens is 8. The number of fused-ring (bicyclic) bond motifs is 3. The first kappa shape index (κ1) is 25.3. The predicted molar refractivity (Wildman–Crippen MR) is 134 cm³/mol. The third kappa shape index (κ3) is 4.39. The maximum Gasteiger partial charge on any atom is 0.406 e. The summed E-state index contributed by atoms with van der Waals surface area (Å²) in [4.78, 5) is 39.2. The first-order chi connectivity index (χ1) is 20.7. The van der Waals surface area contributed by atoms with E-state index in [4.69, 9.17) is 21.4 Å². The van der Waals surface area contributed by atoms with Crippen LogP contribution in [-0.4, -0.2) is 32.2 Å². The molecule has 1 aliphatic heterocycles.